The summed E-state index contributed by atoms with van der Waals surface area (Å²) in [5.41, 5.74) is 20.5. The lowest BCUT2D eigenvalue weighted by molar-refractivity contribution is -0.132. The average molecular weight is 371 g/mol. The predicted molar refractivity (Wildman–Crippen MR) is 88.2 cm³/mol. The van der Waals surface area contributed by atoms with E-state index < -0.39 is 54.1 Å². The molecule has 0 aliphatic carbocycles. The maximum absolute atomic E-state index is 12.2. The zero-order chi connectivity index (χ0) is 20.3. The number of primary amides is 3. The first-order chi connectivity index (χ1) is 12.1. The summed E-state index contributed by atoms with van der Waals surface area (Å²) in [6.07, 6.45) is 0.481. The van der Waals surface area contributed by atoms with E-state index in [-0.39, 0.29) is 25.7 Å². The predicted octanol–water partition coefficient (Wildman–Crippen LogP) is -4.20. The van der Waals surface area contributed by atoms with Gasteiger partial charge in [0.2, 0.25) is 35.8 Å². The van der Waals surface area contributed by atoms with Crippen molar-refractivity contribution in [3.63, 3.8) is 0 Å². The monoisotopic (exact) mass is 371 g/mol. The van der Waals surface area contributed by atoms with E-state index in [2.05, 4.69) is 10.6 Å². The summed E-state index contributed by atoms with van der Waals surface area (Å²) in [6.45, 7) is 0. The molecule has 0 saturated carbocycles. The van der Waals surface area contributed by atoms with Crippen molar-refractivity contribution in [1.29, 1.82) is 0 Å². The number of rotatable bonds is 13. The molecule has 0 aromatic rings. The van der Waals surface area contributed by atoms with E-state index in [1.54, 1.807) is 0 Å². The van der Waals surface area contributed by atoms with E-state index in [9.17, 15) is 28.8 Å². The molecule has 0 bridgehead atoms. The van der Waals surface area contributed by atoms with Crippen LogP contribution in [-0.4, -0.2) is 53.9 Å². The Morgan fingerprint density at radius 1 is 0.808 bits per heavy atom. The Morgan fingerprint density at radius 2 is 1.35 bits per heavy atom. The van der Waals surface area contributed by atoms with Crippen LogP contribution in [0.15, 0.2) is 0 Å². The molecule has 1 radical (unpaired) electrons. The maximum Gasteiger partial charge on any atom is 0.243 e. The molecule has 0 unspecified atom stereocenters. The van der Waals surface area contributed by atoms with Crippen LogP contribution in [0.2, 0.25) is 0 Å². The quantitative estimate of drug-likeness (QED) is 0.186. The minimum atomic E-state index is -1.40. The third-order valence-electron chi connectivity index (χ3n) is 3.21. The van der Waals surface area contributed by atoms with E-state index in [0.717, 1.165) is 0 Å². The van der Waals surface area contributed by atoms with Gasteiger partial charge in [0.05, 0.1) is 18.5 Å². The Hall–Kier alpha value is -3.02. The fourth-order valence-electron chi connectivity index (χ4n) is 1.84. The number of hydrogen-bond donors (Lipinski definition) is 6. The summed E-state index contributed by atoms with van der Waals surface area (Å²) in [5, 5.41) is 4.43. The molecule has 0 aromatic carbocycles. The summed E-state index contributed by atoms with van der Waals surface area (Å²) in [6, 6.07) is -3.70. The third kappa shape index (κ3) is 9.97. The van der Waals surface area contributed by atoms with Crippen LogP contribution in [0.4, 0.5) is 0 Å². The van der Waals surface area contributed by atoms with Gasteiger partial charge < -0.3 is 33.6 Å². The highest BCUT2D eigenvalue weighted by Crippen LogP contribution is 2.00. The van der Waals surface area contributed by atoms with Crippen LogP contribution in [0.25, 0.3) is 0 Å². The minimum Gasteiger partial charge on any atom is -0.370 e. The Kier molecular flexibility index (Phi) is 10.2. The van der Waals surface area contributed by atoms with Crippen LogP contribution >= 0.6 is 0 Å². The molecule has 12 heteroatoms. The summed E-state index contributed by atoms with van der Waals surface area (Å²) < 4.78 is 0. The zero-order valence-corrected chi connectivity index (χ0v) is 14.0. The summed E-state index contributed by atoms with van der Waals surface area (Å²) in [7, 11) is 0. The number of nitrogens with one attached hydrogen (secondary N) is 2. The first-order valence-electron chi connectivity index (χ1n) is 7.65. The number of carbonyl (C=O) groups is 5. The van der Waals surface area contributed by atoms with Gasteiger partial charge in [-0.3, -0.25) is 28.8 Å². The van der Waals surface area contributed by atoms with Crippen molar-refractivity contribution >= 4 is 35.8 Å². The lowest BCUT2D eigenvalue weighted by Crippen LogP contribution is -2.54. The van der Waals surface area contributed by atoms with Gasteiger partial charge in [-0.25, -0.2) is 0 Å². The molecule has 10 N–H and O–H groups in total. The van der Waals surface area contributed by atoms with Gasteiger partial charge in [0.25, 0.3) is 0 Å². The van der Waals surface area contributed by atoms with Gasteiger partial charge in [-0.1, -0.05) is 0 Å². The van der Waals surface area contributed by atoms with Gasteiger partial charge in [-0.05, 0) is 12.8 Å². The lowest BCUT2D eigenvalue weighted by atomic mass is 10.1. The Morgan fingerprint density at radius 3 is 1.81 bits per heavy atom. The van der Waals surface area contributed by atoms with E-state index in [1.165, 1.54) is 6.29 Å². The van der Waals surface area contributed by atoms with Gasteiger partial charge in [0.15, 0.2) is 0 Å². The van der Waals surface area contributed by atoms with Crippen molar-refractivity contribution in [3.8, 4) is 0 Å². The van der Waals surface area contributed by atoms with E-state index in [0.29, 0.717) is 0 Å². The van der Waals surface area contributed by atoms with Gasteiger partial charge in [0.1, 0.15) is 6.04 Å². The van der Waals surface area contributed by atoms with Crippen LogP contribution in [-0.2, 0) is 28.8 Å². The van der Waals surface area contributed by atoms with Crippen molar-refractivity contribution in [1.82, 2.24) is 10.6 Å². The van der Waals surface area contributed by atoms with Gasteiger partial charge in [-0.2, -0.15) is 0 Å². The molecule has 0 saturated heterocycles. The Bertz CT molecular complexity index is 566. The normalized spacial score (nSPS) is 13.7. The molecule has 0 aliphatic heterocycles. The topological polar surface area (TPSA) is 231 Å². The molecule has 0 aliphatic rings. The number of nitrogens with two attached hydrogens (primary N) is 4. The fraction of sp³-hybridized carbons (Fsp3) is 0.571. The summed E-state index contributed by atoms with van der Waals surface area (Å²) in [5.74, 6) is -3.92. The summed E-state index contributed by atoms with van der Waals surface area (Å²) >= 11 is 0. The van der Waals surface area contributed by atoms with Crippen molar-refractivity contribution in [2.45, 2.75) is 50.2 Å². The van der Waals surface area contributed by atoms with Crippen LogP contribution in [0.3, 0.4) is 0 Å². The fourth-order valence-corrected chi connectivity index (χ4v) is 1.84. The van der Waals surface area contributed by atoms with Crippen LogP contribution in [0, 0.1) is 0 Å². The lowest BCUT2D eigenvalue weighted by Gasteiger charge is -2.21. The first kappa shape index (κ1) is 23.0. The molecular weight excluding hydrogens is 348 g/mol. The summed E-state index contributed by atoms with van der Waals surface area (Å²) in [4.78, 5) is 67.5. The van der Waals surface area contributed by atoms with Crippen molar-refractivity contribution < 1.29 is 28.8 Å². The smallest absolute Gasteiger partial charge is 0.243 e. The van der Waals surface area contributed by atoms with Crippen LogP contribution in [0.1, 0.15) is 32.1 Å². The Balaban J connectivity index is 4.89. The number of carbonyl (C=O) groups excluding carboxylic acids is 6. The zero-order valence-electron chi connectivity index (χ0n) is 14.0. The maximum atomic E-state index is 12.2. The third-order valence-corrected chi connectivity index (χ3v) is 3.21. The molecule has 0 spiro atoms. The highest BCUT2D eigenvalue weighted by Gasteiger charge is 2.27. The molecule has 3 atom stereocenters. The number of amides is 5. The van der Waals surface area contributed by atoms with Crippen LogP contribution < -0.4 is 33.6 Å². The SMILES string of the molecule is NC(=O)CC[C@@H]([C]=O)NC(=O)[C@H](CC(N)=O)NC(=O)[C@@H](N)CCC(N)=O. The van der Waals surface area contributed by atoms with Crippen molar-refractivity contribution in [3.05, 3.63) is 0 Å². The second-order valence-electron chi connectivity index (χ2n) is 5.53. The van der Waals surface area contributed by atoms with Crippen LogP contribution in [0.5, 0.6) is 0 Å². The van der Waals surface area contributed by atoms with Gasteiger partial charge in [0, 0.05) is 12.8 Å². The molecule has 26 heavy (non-hydrogen) atoms. The molecule has 0 aromatic heterocycles. The average Bonchev–Trinajstić information content (AvgIpc) is 2.54. The first-order valence-corrected chi connectivity index (χ1v) is 7.65. The molecule has 145 valence electrons. The highest BCUT2D eigenvalue weighted by atomic mass is 16.2. The second kappa shape index (κ2) is 11.5. The standard InChI is InChI=1S/C14H23N6O6/c15-8(2-4-11(17)23)13(25)20-9(5-12(18)24)14(26)19-7(6-21)1-3-10(16)22/h7-9H,1-5,15H2,(H2,16,22)(H2,17,23)(H2,18,24)(H,19,26)(H,20,25)/t7-,8-,9-/m0/s1. The van der Waals surface area contributed by atoms with Crippen molar-refractivity contribution in [2.24, 2.45) is 22.9 Å². The molecule has 0 fully saturated rings. The van der Waals surface area contributed by atoms with E-state index in [4.69, 9.17) is 22.9 Å². The van der Waals surface area contributed by atoms with Gasteiger partial charge >= 0.3 is 0 Å². The number of hydrogen-bond acceptors (Lipinski definition) is 7. The molecule has 0 rings (SSSR count). The van der Waals surface area contributed by atoms with Gasteiger partial charge in [-0.15, -0.1) is 0 Å². The molecule has 0 heterocycles. The van der Waals surface area contributed by atoms with E-state index >= 15 is 0 Å². The second-order valence-corrected chi connectivity index (χ2v) is 5.53. The minimum absolute atomic E-state index is 0.0601. The molecular formula is C14H23N6O6. The highest BCUT2D eigenvalue weighted by molar-refractivity contribution is 5.94. The largest absolute Gasteiger partial charge is 0.370 e. The van der Waals surface area contributed by atoms with E-state index in [1.807, 2.05) is 0 Å². The van der Waals surface area contributed by atoms with Crippen molar-refractivity contribution in [2.75, 3.05) is 0 Å². The Labute approximate surface area is 149 Å². The molecule has 5 amide bonds. The molecule has 12 nitrogen and oxygen atoms in total.